The van der Waals surface area contributed by atoms with Gasteiger partial charge in [0.2, 0.25) is 0 Å². The summed E-state index contributed by atoms with van der Waals surface area (Å²) in [5.41, 5.74) is 0.879. The van der Waals surface area contributed by atoms with Crippen molar-refractivity contribution >= 4 is 17.5 Å². The molecule has 0 fully saturated rings. The van der Waals surface area contributed by atoms with Crippen molar-refractivity contribution in [2.75, 3.05) is 7.11 Å². The summed E-state index contributed by atoms with van der Waals surface area (Å²) in [4.78, 5) is 22.1. The van der Waals surface area contributed by atoms with Gasteiger partial charge in [-0.15, -0.1) is 0 Å². The summed E-state index contributed by atoms with van der Waals surface area (Å²) in [6.45, 7) is 0. The number of hydrogen-bond donors (Lipinski definition) is 0. The van der Waals surface area contributed by atoms with Crippen LogP contribution in [-0.2, 0) is 14.3 Å². The molecule has 15 heavy (non-hydrogen) atoms. The molecule has 4 nitrogen and oxygen atoms in total. The molecule has 0 bridgehead atoms. The molecule has 0 N–H and O–H groups in total. The lowest BCUT2D eigenvalue weighted by molar-refractivity contribution is -0.149. The van der Waals surface area contributed by atoms with E-state index in [0.29, 0.717) is 11.3 Å². The van der Waals surface area contributed by atoms with Gasteiger partial charge in [0.1, 0.15) is 5.75 Å². The van der Waals surface area contributed by atoms with Gasteiger partial charge in [-0.25, -0.2) is 9.59 Å². The predicted molar refractivity (Wildman–Crippen MR) is 52.1 cm³/mol. The number of hydrogen-bond acceptors (Lipinski definition) is 4. The first-order valence-corrected chi connectivity index (χ1v) is 4.33. The molecule has 1 aromatic rings. The van der Waals surface area contributed by atoms with Gasteiger partial charge in [-0.3, -0.25) is 0 Å². The highest BCUT2D eigenvalue weighted by Gasteiger charge is 2.24. The smallest absolute Gasteiger partial charge is 0.346 e. The van der Waals surface area contributed by atoms with Crippen LogP contribution < -0.4 is 4.74 Å². The molecule has 0 aliphatic carbocycles. The Labute approximate surface area is 86.1 Å². The lowest BCUT2D eigenvalue weighted by atomic mass is 10.1. The van der Waals surface area contributed by atoms with Crippen LogP contribution in [0.25, 0.3) is 5.57 Å². The van der Waals surface area contributed by atoms with E-state index < -0.39 is 11.9 Å². The fourth-order valence-corrected chi connectivity index (χ4v) is 1.34. The lowest BCUT2D eigenvalue weighted by Gasteiger charge is -2.02. The molecule has 1 aliphatic rings. The molecular weight excluding hydrogens is 196 g/mol. The maximum Gasteiger partial charge on any atom is 0.346 e. The van der Waals surface area contributed by atoms with Crippen LogP contribution >= 0.6 is 0 Å². The number of cyclic esters (lactones) is 2. The van der Waals surface area contributed by atoms with Gasteiger partial charge >= 0.3 is 11.9 Å². The zero-order valence-corrected chi connectivity index (χ0v) is 8.02. The van der Waals surface area contributed by atoms with Crippen molar-refractivity contribution in [3.05, 3.63) is 35.9 Å². The second-order valence-corrected chi connectivity index (χ2v) is 3.00. The van der Waals surface area contributed by atoms with E-state index in [4.69, 9.17) is 4.74 Å². The van der Waals surface area contributed by atoms with Crippen molar-refractivity contribution in [2.24, 2.45) is 0 Å². The number of carbonyl (C=O) groups excluding carboxylic acids is 2. The predicted octanol–water partition coefficient (Wildman–Crippen LogP) is 1.16. The Kier molecular flexibility index (Phi) is 2.25. The molecule has 1 aromatic carbocycles. The Bertz CT molecular complexity index is 459. The molecule has 1 aliphatic heterocycles. The molecule has 1 heterocycles. The van der Waals surface area contributed by atoms with Crippen molar-refractivity contribution in [3.8, 4) is 5.75 Å². The third kappa shape index (κ3) is 1.74. The fraction of sp³-hybridized carbons (Fsp3) is 0.0909. The molecule has 0 amide bonds. The fourth-order valence-electron chi connectivity index (χ4n) is 1.34. The Morgan fingerprint density at radius 3 is 2.67 bits per heavy atom. The average Bonchev–Trinajstić information content (AvgIpc) is 2.58. The van der Waals surface area contributed by atoms with Crippen LogP contribution in [0.1, 0.15) is 5.56 Å². The van der Waals surface area contributed by atoms with Crippen LogP contribution in [0.3, 0.4) is 0 Å². The minimum absolute atomic E-state index is 0.263. The van der Waals surface area contributed by atoms with Crippen molar-refractivity contribution in [1.82, 2.24) is 0 Å². The highest BCUT2D eigenvalue weighted by molar-refractivity contribution is 6.28. The molecule has 0 saturated heterocycles. The van der Waals surface area contributed by atoms with Gasteiger partial charge in [0.05, 0.1) is 12.7 Å². The van der Waals surface area contributed by atoms with Crippen LogP contribution in [0.4, 0.5) is 0 Å². The van der Waals surface area contributed by atoms with Crippen LogP contribution in [-0.4, -0.2) is 19.0 Å². The molecule has 2 rings (SSSR count). The summed E-state index contributed by atoms with van der Waals surface area (Å²) < 4.78 is 9.40. The maximum atomic E-state index is 11.2. The number of esters is 2. The summed E-state index contributed by atoms with van der Waals surface area (Å²) in [5.74, 6) is -0.619. The summed E-state index contributed by atoms with van der Waals surface area (Å²) in [7, 11) is 1.53. The number of ether oxygens (including phenoxy) is 2. The molecule has 0 saturated carbocycles. The molecular formula is C11H8O4. The topological polar surface area (TPSA) is 52.6 Å². The molecule has 0 radical (unpaired) electrons. The van der Waals surface area contributed by atoms with Gasteiger partial charge in [0.15, 0.2) is 0 Å². The molecule has 0 unspecified atom stereocenters. The van der Waals surface area contributed by atoms with E-state index >= 15 is 0 Å². The van der Waals surface area contributed by atoms with Crippen molar-refractivity contribution in [2.45, 2.75) is 0 Å². The third-order valence-electron chi connectivity index (χ3n) is 2.06. The minimum atomic E-state index is -0.627. The van der Waals surface area contributed by atoms with Crippen LogP contribution in [0.5, 0.6) is 5.75 Å². The normalized spacial score (nSPS) is 14.9. The van der Waals surface area contributed by atoms with Gasteiger partial charge in [-0.05, 0) is 17.7 Å². The number of methoxy groups -OCH3 is 1. The van der Waals surface area contributed by atoms with Crippen LogP contribution in [0.2, 0.25) is 0 Å². The lowest BCUT2D eigenvalue weighted by Crippen LogP contribution is -2.01. The van der Waals surface area contributed by atoms with Gasteiger partial charge in [-0.1, -0.05) is 12.1 Å². The molecule has 0 atom stereocenters. The Morgan fingerprint density at radius 1 is 1.27 bits per heavy atom. The van der Waals surface area contributed by atoms with E-state index in [1.54, 1.807) is 24.3 Å². The summed E-state index contributed by atoms with van der Waals surface area (Å²) in [6.07, 6.45) is 1.18. The summed E-state index contributed by atoms with van der Waals surface area (Å²) in [6, 6.07) is 6.89. The monoisotopic (exact) mass is 204 g/mol. The standard InChI is InChI=1S/C11H8O4/c1-14-8-4-2-3-7(5-8)9-6-10(12)15-11(9)13/h2-6H,1H3. The average molecular weight is 204 g/mol. The second kappa shape index (κ2) is 3.57. The van der Waals surface area contributed by atoms with E-state index in [9.17, 15) is 9.59 Å². The van der Waals surface area contributed by atoms with E-state index in [-0.39, 0.29) is 5.57 Å². The molecule has 4 heteroatoms. The first-order chi connectivity index (χ1) is 7.20. The van der Waals surface area contributed by atoms with Crippen LogP contribution in [0, 0.1) is 0 Å². The molecule has 0 spiro atoms. The van der Waals surface area contributed by atoms with Crippen molar-refractivity contribution < 1.29 is 19.1 Å². The SMILES string of the molecule is COc1cccc(C2=CC(=O)OC2=O)c1. The molecule has 0 aromatic heterocycles. The quantitative estimate of drug-likeness (QED) is 0.536. The van der Waals surface area contributed by atoms with Gasteiger partial charge in [-0.2, -0.15) is 0 Å². The largest absolute Gasteiger partial charge is 0.497 e. The number of rotatable bonds is 2. The van der Waals surface area contributed by atoms with E-state index in [0.717, 1.165) is 0 Å². The zero-order valence-electron chi connectivity index (χ0n) is 8.02. The number of carbonyl (C=O) groups is 2. The Hall–Kier alpha value is -2.10. The number of benzene rings is 1. The van der Waals surface area contributed by atoms with Gasteiger partial charge in [0.25, 0.3) is 0 Å². The second-order valence-electron chi connectivity index (χ2n) is 3.00. The van der Waals surface area contributed by atoms with Crippen LogP contribution in [0.15, 0.2) is 30.3 Å². The van der Waals surface area contributed by atoms with E-state index in [2.05, 4.69) is 4.74 Å². The van der Waals surface area contributed by atoms with E-state index in [1.165, 1.54) is 13.2 Å². The van der Waals surface area contributed by atoms with Gasteiger partial charge < -0.3 is 9.47 Å². The van der Waals surface area contributed by atoms with Crippen molar-refractivity contribution in [1.29, 1.82) is 0 Å². The third-order valence-corrected chi connectivity index (χ3v) is 2.06. The highest BCUT2D eigenvalue weighted by Crippen LogP contribution is 2.24. The van der Waals surface area contributed by atoms with Crippen molar-refractivity contribution in [3.63, 3.8) is 0 Å². The minimum Gasteiger partial charge on any atom is -0.497 e. The highest BCUT2D eigenvalue weighted by atomic mass is 16.6. The summed E-state index contributed by atoms with van der Waals surface area (Å²) in [5, 5.41) is 0. The van der Waals surface area contributed by atoms with Gasteiger partial charge in [0, 0.05) is 6.08 Å². The first-order valence-electron chi connectivity index (χ1n) is 4.33. The Morgan fingerprint density at radius 2 is 2.07 bits per heavy atom. The Balaban J connectivity index is 2.41. The van der Waals surface area contributed by atoms with E-state index in [1.807, 2.05) is 0 Å². The molecule has 76 valence electrons. The zero-order chi connectivity index (χ0) is 10.8. The first kappa shape index (κ1) is 9.45. The summed E-state index contributed by atoms with van der Waals surface area (Å²) >= 11 is 0. The maximum absolute atomic E-state index is 11.2.